The molecule has 1 saturated heterocycles. The van der Waals surface area contributed by atoms with E-state index in [-0.39, 0.29) is 5.91 Å². The molecule has 0 saturated carbocycles. The van der Waals surface area contributed by atoms with Crippen LogP contribution in [0.25, 0.3) is 0 Å². The summed E-state index contributed by atoms with van der Waals surface area (Å²) in [4.78, 5) is 13.2. The van der Waals surface area contributed by atoms with E-state index in [4.69, 9.17) is 11.6 Å². The zero-order valence-electron chi connectivity index (χ0n) is 7.11. The summed E-state index contributed by atoms with van der Waals surface area (Å²) in [6.45, 7) is 2.06. The van der Waals surface area contributed by atoms with E-state index >= 15 is 0 Å². The van der Waals surface area contributed by atoms with Crippen LogP contribution in [0.15, 0.2) is 12.4 Å². The van der Waals surface area contributed by atoms with E-state index in [0.717, 1.165) is 19.5 Å². The Morgan fingerprint density at radius 3 is 2.85 bits per heavy atom. The van der Waals surface area contributed by atoms with E-state index in [1.165, 1.54) is 6.20 Å². The summed E-state index contributed by atoms with van der Waals surface area (Å²) in [5.74, 6) is 0.117. The molecule has 1 amide bonds. The maximum absolute atomic E-state index is 11.4. The highest BCUT2D eigenvalue weighted by atomic mass is 35.5. The van der Waals surface area contributed by atoms with Crippen molar-refractivity contribution in [1.29, 1.82) is 0 Å². The summed E-state index contributed by atoms with van der Waals surface area (Å²) in [7, 11) is 0. The van der Waals surface area contributed by atoms with Crippen molar-refractivity contribution in [2.75, 3.05) is 13.1 Å². The van der Waals surface area contributed by atoms with Gasteiger partial charge in [-0.05, 0) is 6.42 Å². The number of likely N-dealkylation sites (tertiary alicyclic amines) is 1. The Balaban J connectivity index is 1.93. The number of carbonyl (C=O) groups is 1. The molecule has 70 valence electrons. The molecule has 0 bridgehead atoms. The van der Waals surface area contributed by atoms with Gasteiger partial charge in [-0.25, -0.2) is 0 Å². The van der Waals surface area contributed by atoms with Gasteiger partial charge in [0.15, 0.2) is 0 Å². The third kappa shape index (κ3) is 1.83. The Kier molecular flexibility index (Phi) is 2.22. The van der Waals surface area contributed by atoms with Gasteiger partial charge in [0.2, 0.25) is 5.91 Å². The second kappa shape index (κ2) is 3.38. The normalized spacial score (nSPS) is 15.6. The van der Waals surface area contributed by atoms with Crippen molar-refractivity contribution in [3.8, 4) is 0 Å². The minimum absolute atomic E-state index is 0.117. The molecule has 1 fully saturated rings. The molecule has 1 aliphatic heterocycles. The van der Waals surface area contributed by atoms with Gasteiger partial charge < -0.3 is 4.90 Å². The Bertz CT molecular complexity index is 319. The molecule has 1 aromatic heterocycles. The smallest absolute Gasteiger partial charge is 0.244 e. The fourth-order valence-electron chi connectivity index (χ4n) is 1.23. The molecule has 0 atom stereocenters. The lowest BCUT2D eigenvalue weighted by Crippen LogP contribution is -2.43. The summed E-state index contributed by atoms with van der Waals surface area (Å²) in [5.41, 5.74) is 0. The highest BCUT2D eigenvalue weighted by Crippen LogP contribution is 2.08. The van der Waals surface area contributed by atoms with Gasteiger partial charge in [0.1, 0.15) is 6.54 Å². The lowest BCUT2D eigenvalue weighted by atomic mass is 10.2. The number of aromatic nitrogens is 2. The van der Waals surface area contributed by atoms with E-state index in [1.54, 1.807) is 10.9 Å². The average Bonchev–Trinajstić information content (AvgIpc) is 2.31. The maximum Gasteiger partial charge on any atom is 0.244 e. The lowest BCUT2D eigenvalue weighted by molar-refractivity contribution is -0.135. The van der Waals surface area contributed by atoms with E-state index in [2.05, 4.69) is 5.10 Å². The molecule has 0 radical (unpaired) electrons. The van der Waals surface area contributed by atoms with Gasteiger partial charge in [-0.2, -0.15) is 5.10 Å². The molecule has 4 nitrogen and oxygen atoms in total. The standard InChI is InChI=1S/C8H10ClN3O/c9-7-4-10-12(5-7)6-8(13)11-2-1-3-11/h4-5H,1-3,6H2. The molecule has 0 spiro atoms. The summed E-state index contributed by atoms with van der Waals surface area (Å²) < 4.78 is 1.56. The molecule has 5 heteroatoms. The van der Waals surface area contributed by atoms with Gasteiger partial charge >= 0.3 is 0 Å². The second-order valence-corrected chi connectivity index (χ2v) is 3.53. The van der Waals surface area contributed by atoms with Crippen LogP contribution in [-0.2, 0) is 11.3 Å². The molecule has 0 aliphatic carbocycles. The highest BCUT2D eigenvalue weighted by molar-refractivity contribution is 6.30. The SMILES string of the molecule is O=C(Cn1cc(Cl)cn1)N1CCC1. The van der Waals surface area contributed by atoms with Gasteiger partial charge in [0.25, 0.3) is 0 Å². The van der Waals surface area contributed by atoms with Crippen LogP contribution < -0.4 is 0 Å². The van der Waals surface area contributed by atoms with E-state index in [0.29, 0.717) is 11.6 Å². The fraction of sp³-hybridized carbons (Fsp3) is 0.500. The van der Waals surface area contributed by atoms with E-state index in [1.807, 2.05) is 4.90 Å². The minimum Gasteiger partial charge on any atom is -0.341 e. The number of halogens is 1. The van der Waals surface area contributed by atoms with E-state index < -0.39 is 0 Å². The second-order valence-electron chi connectivity index (χ2n) is 3.09. The number of nitrogens with zero attached hydrogens (tertiary/aromatic N) is 3. The predicted molar refractivity (Wildman–Crippen MR) is 48.4 cm³/mol. The van der Waals surface area contributed by atoms with Crippen LogP contribution in [-0.4, -0.2) is 33.7 Å². The minimum atomic E-state index is 0.117. The zero-order chi connectivity index (χ0) is 9.26. The van der Waals surface area contributed by atoms with Crippen LogP contribution in [0.3, 0.4) is 0 Å². The summed E-state index contributed by atoms with van der Waals surface area (Å²) >= 11 is 5.66. The summed E-state index contributed by atoms with van der Waals surface area (Å²) in [6, 6.07) is 0. The molecule has 13 heavy (non-hydrogen) atoms. The molecule has 0 unspecified atom stereocenters. The zero-order valence-corrected chi connectivity index (χ0v) is 7.87. The van der Waals surface area contributed by atoms with Crippen molar-refractivity contribution in [2.45, 2.75) is 13.0 Å². The Hall–Kier alpha value is -1.03. The molecule has 0 aromatic carbocycles. The quantitative estimate of drug-likeness (QED) is 0.706. The number of carbonyl (C=O) groups excluding carboxylic acids is 1. The summed E-state index contributed by atoms with van der Waals surface area (Å²) in [6.07, 6.45) is 4.30. The Morgan fingerprint density at radius 2 is 2.38 bits per heavy atom. The molecule has 1 aromatic rings. The number of hydrogen-bond donors (Lipinski definition) is 0. The van der Waals surface area contributed by atoms with E-state index in [9.17, 15) is 4.79 Å². The topological polar surface area (TPSA) is 38.1 Å². The third-order valence-electron chi connectivity index (χ3n) is 2.11. The van der Waals surface area contributed by atoms with Crippen molar-refractivity contribution in [2.24, 2.45) is 0 Å². The van der Waals surface area contributed by atoms with Crippen molar-refractivity contribution in [3.63, 3.8) is 0 Å². The lowest BCUT2D eigenvalue weighted by Gasteiger charge is -2.30. The monoisotopic (exact) mass is 199 g/mol. The van der Waals surface area contributed by atoms with Crippen molar-refractivity contribution in [3.05, 3.63) is 17.4 Å². The van der Waals surface area contributed by atoms with Gasteiger partial charge in [0, 0.05) is 19.3 Å². The van der Waals surface area contributed by atoms with Crippen molar-refractivity contribution < 1.29 is 4.79 Å². The van der Waals surface area contributed by atoms with Gasteiger partial charge in [-0.1, -0.05) is 11.6 Å². The third-order valence-corrected chi connectivity index (χ3v) is 2.30. The molecule has 2 heterocycles. The van der Waals surface area contributed by atoms with Crippen LogP contribution in [0, 0.1) is 0 Å². The Morgan fingerprint density at radius 1 is 1.62 bits per heavy atom. The number of hydrogen-bond acceptors (Lipinski definition) is 2. The van der Waals surface area contributed by atoms with Crippen molar-refractivity contribution in [1.82, 2.24) is 14.7 Å². The molecule has 1 aliphatic rings. The van der Waals surface area contributed by atoms with Crippen LogP contribution in [0.2, 0.25) is 5.02 Å². The maximum atomic E-state index is 11.4. The average molecular weight is 200 g/mol. The first kappa shape index (κ1) is 8.56. The van der Waals surface area contributed by atoms with Gasteiger partial charge in [-0.3, -0.25) is 9.48 Å². The number of rotatable bonds is 2. The Labute approximate surface area is 81.1 Å². The van der Waals surface area contributed by atoms with Crippen LogP contribution >= 0.6 is 11.6 Å². The largest absolute Gasteiger partial charge is 0.341 e. The molecule has 0 N–H and O–H groups in total. The summed E-state index contributed by atoms with van der Waals surface area (Å²) in [5, 5.41) is 4.50. The van der Waals surface area contributed by atoms with Crippen LogP contribution in [0.1, 0.15) is 6.42 Å². The first-order chi connectivity index (χ1) is 6.25. The first-order valence-electron chi connectivity index (χ1n) is 4.21. The van der Waals surface area contributed by atoms with Gasteiger partial charge in [-0.15, -0.1) is 0 Å². The first-order valence-corrected chi connectivity index (χ1v) is 4.59. The van der Waals surface area contributed by atoms with Gasteiger partial charge in [0.05, 0.1) is 11.2 Å². The predicted octanol–water partition coefficient (Wildman–Crippen LogP) is 0.769. The fourth-order valence-corrected chi connectivity index (χ4v) is 1.39. The molecule has 2 rings (SSSR count). The van der Waals surface area contributed by atoms with Crippen LogP contribution in [0.5, 0.6) is 0 Å². The molecular formula is C8H10ClN3O. The molecular weight excluding hydrogens is 190 g/mol. The van der Waals surface area contributed by atoms with Crippen molar-refractivity contribution >= 4 is 17.5 Å². The van der Waals surface area contributed by atoms with Crippen LogP contribution in [0.4, 0.5) is 0 Å². The highest BCUT2D eigenvalue weighted by Gasteiger charge is 2.20. The number of amides is 1.